The summed E-state index contributed by atoms with van der Waals surface area (Å²) >= 11 is 12.7. The van der Waals surface area contributed by atoms with Gasteiger partial charge in [-0.25, -0.2) is 4.39 Å². The maximum atomic E-state index is 14.1. The molecule has 0 radical (unpaired) electrons. The Bertz CT molecular complexity index is 1400. The van der Waals surface area contributed by atoms with Gasteiger partial charge in [0.15, 0.2) is 11.5 Å². The topological polar surface area (TPSA) is 84.9 Å². The number of hydrogen-bond acceptors (Lipinski definition) is 6. The number of rotatable bonds is 8. The number of anilines is 1. The summed E-state index contributed by atoms with van der Waals surface area (Å²) in [6, 6.07) is 15.7. The van der Waals surface area contributed by atoms with E-state index in [0.29, 0.717) is 33.8 Å². The first kappa shape index (κ1) is 26.5. The van der Waals surface area contributed by atoms with Crippen molar-refractivity contribution in [3.63, 3.8) is 0 Å². The van der Waals surface area contributed by atoms with Crippen molar-refractivity contribution in [2.75, 3.05) is 19.0 Å². The lowest BCUT2D eigenvalue weighted by molar-refractivity contribution is -0.127. The largest absolute Gasteiger partial charge is 0.493 e. The molecular formula is C26H19Cl2FN2O5S. The Morgan fingerprint density at radius 2 is 1.86 bits per heavy atom. The van der Waals surface area contributed by atoms with Gasteiger partial charge < -0.3 is 14.8 Å². The monoisotopic (exact) mass is 560 g/mol. The molecule has 0 atom stereocenters. The van der Waals surface area contributed by atoms with Crippen molar-refractivity contribution in [2.45, 2.75) is 6.61 Å². The third kappa shape index (κ3) is 6.43. The Kier molecular flexibility index (Phi) is 8.38. The number of hydrogen-bond donors (Lipinski definition) is 1. The molecule has 11 heteroatoms. The average molecular weight is 561 g/mol. The smallest absolute Gasteiger partial charge is 0.294 e. The van der Waals surface area contributed by atoms with Crippen molar-refractivity contribution in [1.29, 1.82) is 0 Å². The first-order valence-electron chi connectivity index (χ1n) is 10.8. The number of nitrogens with zero attached hydrogens (tertiary/aromatic N) is 1. The number of carbonyl (C=O) groups excluding carboxylic acids is 3. The van der Waals surface area contributed by atoms with Crippen molar-refractivity contribution in [3.05, 3.63) is 92.6 Å². The number of carbonyl (C=O) groups is 3. The van der Waals surface area contributed by atoms with Crippen molar-refractivity contribution in [1.82, 2.24) is 4.90 Å². The van der Waals surface area contributed by atoms with E-state index < -0.39 is 29.4 Å². The van der Waals surface area contributed by atoms with Crippen LogP contribution in [0.15, 0.2) is 65.6 Å². The third-order valence-corrected chi connectivity index (χ3v) is 6.70. The number of ether oxygens (including phenoxy) is 2. The molecule has 0 bridgehead atoms. The summed E-state index contributed by atoms with van der Waals surface area (Å²) in [5, 5.41) is 2.70. The molecular weight excluding hydrogens is 542 g/mol. The lowest BCUT2D eigenvalue weighted by atomic mass is 10.1. The van der Waals surface area contributed by atoms with E-state index in [0.717, 1.165) is 4.90 Å². The molecule has 0 saturated carbocycles. The van der Waals surface area contributed by atoms with E-state index in [1.807, 2.05) is 0 Å². The molecule has 1 aliphatic heterocycles. The van der Waals surface area contributed by atoms with E-state index in [1.165, 1.54) is 25.3 Å². The summed E-state index contributed by atoms with van der Waals surface area (Å²) in [6.45, 7) is -0.599. The number of imide groups is 1. The molecule has 37 heavy (non-hydrogen) atoms. The second kappa shape index (κ2) is 11.7. The second-order valence-electron chi connectivity index (χ2n) is 7.73. The van der Waals surface area contributed by atoms with Crippen LogP contribution in [0.4, 0.5) is 14.9 Å². The van der Waals surface area contributed by atoms with E-state index in [9.17, 15) is 18.8 Å². The fourth-order valence-corrected chi connectivity index (χ4v) is 4.66. The Morgan fingerprint density at radius 1 is 1.08 bits per heavy atom. The standard InChI is InChI=1S/C26H19Cl2FN2O5S/c1-35-21-9-8-15(10-22(21)36-14-18-19(28)6-3-7-20(18)29)11-23-25(33)31(26(34)37-23)13-24(32)30-17-5-2-4-16(27)12-17/h2-12H,13-14H2,1H3,(H,30,32)/b23-11+. The van der Waals surface area contributed by atoms with Gasteiger partial charge in [0.1, 0.15) is 19.0 Å². The van der Waals surface area contributed by atoms with Gasteiger partial charge in [0.25, 0.3) is 11.1 Å². The van der Waals surface area contributed by atoms with Gasteiger partial charge >= 0.3 is 0 Å². The fraction of sp³-hybridized carbons (Fsp3) is 0.115. The SMILES string of the molecule is COc1ccc(/C=C2/SC(=O)N(CC(=O)Nc3cccc(Cl)c3)C2=O)cc1OCc1c(F)cccc1Cl. The molecule has 3 aromatic carbocycles. The molecule has 1 aliphatic rings. The first-order chi connectivity index (χ1) is 17.7. The van der Waals surface area contributed by atoms with Crippen LogP contribution < -0.4 is 14.8 Å². The van der Waals surface area contributed by atoms with Gasteiger partial charge in [0.2, 0.25) is 5.91 Å². The summed E-state index contributed by atoms with van der Waals surface area (Å²) in [5.41, 5.74) is 1.17. The van der Waals surface area contributed by atoms with Crippen LogP contribution in [0.25, 0.3) is 6.08 Å². The molecule has 0 spiro atoms. The minimum Gasteiger partial charge on any atom is -0.493 e. The van der Waals surface area contributed by atoms with Crippen LogP contribution in [0.3, 0.4) is 0 Å². The molecule has 1 saturated heterocycles. The van der Waals surface area contributed by atoms with Crippen LogP contribution in [-0.4, -0.2) is 35.6 Å². The molecule has 0 aromatic heterocycles. The van der Waals surface area contributed by atoms with Crippen LogP contribution >= 0.6 is 35.0 Å². The van der Waals surface area contributed by atoms with Gasteiger partial charge in [0.05, 0.1) is 17.0 Å². The summed E-state index contributed by atoms with van der Waals surface area (Å²) in [5.74, 6) is -0.979. The van der Waals surface area contributed by atoms with Crippen molar-refractivity contribution >= 4 is 63.8 Å². The Morgan fingerprint density at radius 3 is 2.59 bits per heavy atom. The molecule has 7 nitrogen and oxygen atoms in total. The summed E-state index contributed by atoms with van der Waals surface area (Å²) in [4.78, 5) is 38.7. The zero-order valence-electron chi connectivity index (χ0n) is 19.3. The van der Waals surface area contributed by atoms with Crippen LogP contribution in [-0.2, 0) is 16.2 Å². The molecule has 1 fully saturated rings. The van der Waals surface area contributed by atoms with E-state index in [2.05, 4.69) is 5.32 Å². The van der Waals surface area contributed by atoms with Gasteiger partial charge in [0, 0.05) is 16.3 Å². The van der Waals surface area contributed by atoms with Gasteiger partial charge in [-0.05, 0) is 65.9 Å². The minimum absolute atomic E-state index is 0.133. The Labute approximate surface area is 226 Å². The fourth-order valence-electron chi connectivity index (χ4n) is 3.41. The number of amides is 3. The van der Waals surface area contributed by atoms with Crippen LogP contribution in [0.1, 0.15) is 11.1 Å². The molecule has 0 aliphatic carbocycles. The second-order valence-corrected chi connectivity index (χ2v) is 9.56. The normalized spacial score (nSPS) is 14.3. The highest BCUT2D eigenvalue weighted by Crippen LogP contribution is 2.35. The third-order valence-electron chi connectivity index (χ3n) is 5.20. The highest BCUT2D eigenvalue weighted by molar-refractivity contribution is 8.18. The molecule has 190 valence electrons. The maximum absolute atomic E-state index is 14.1. The maximum Gasteiger partial charge on any atom is 0.294 e. The number of nitrogens with one attached hydrogen (secondary N) is 1. The molecule has 3 aromatic rings. The van der Waals surface area contributed by atoms with Crippen LogP contribution in [0.5, 0.6) is 11.5 Å². The Balaban J connectivity index is 1.48. The highest BCUT2D eigenvalue weighted by atomic mass is 35.5. The molecule has 1 heterocycles. The number of halogens is 3. The van der Waals surface area contributed by atoms with Crippen molar-refractivity contribution in [2.24, 2.45) is 0 Å². The summed E-state index contributed by atoms with van der Waals surface area (Å²) in [6.07, 6.45) is 1.50. The number of thioether (sulfide) groups is 1. The van der Waals surface area contributed by atoms with Gasteiger partial charge in [-0.2, -0.15) is 0 Å². The van der Waals surface area contributed by atoms with Gasteiger partial charge in [-0.1, -0.05) is 41.4 Å². The van der Waals surface area contributed by atoms with E-state index in [-0.39, 0.29) is 27.8 Å². The average Bonchev–Trinajstić information content (AvgIpc) is 3.11. The lowest BCUT2D eigenvalue weighted by Gasteiger charge is -2.13. The number of benzene rings is 3. The zero-order chi connectivity index (χ0) is 26.5. The minimum atomic E-state index is -0.604. The lowest BCUT2D eigenvalue weighted by Crippen LogP contribution is -2.36. The van der Waals surface area contributed by atoms with Gasteiger partial charge in [-0.3, -0.25) is 19.3 Å². The van der Waals surface area contributed by atoms with Crippen molar-refractivity contribution in [3.8, 4) is 11.5 Å². The van der Waals surface area contributed by atoms with Crippen LogP contribution in [0, 0.1) is 5.82 Å². The molecule has 4 rings (SSSR count). The first-order valence-corrected chi connectivity index (χ1v) is 12.4. The predicted octanol–water partition coefficient (Wildman–Crippen LogP) is 6.40. The predicted molar refractivity (Wildman–Crippen MR) is 141 cm³/mol. The van der Waals surface area contributed by atoms with Crippen molar-refractivity contribution < 1.29 is 28.2 Å². The zero-order valence-corrected chi connectivity index (χ0v) is 21.6. The van der Waals surface area contributed by atoms with Gasteiger partial charge in [-0.15, -0.1) is 0 Å². The van der Waals surface area contributed by atoms with E-state index >= 15 is 0 Å². The summed E-state index contributed by atoms with van der Waals surface area (Å²) in [7, 11) is 1.46. The molecule has 0 unspecified atom stereocenters. The quantitative estimate of drug-likeness (QED) is 0.321. The molecule has 3 amide bonds. The summed E-state index contributed by atoms with van der Waals surface area (Å²) < 4.78 is 25.2. The van der Waals surface area contributed by atoms with E-state index in [1.54, 1.807) is 48.5 Å². The van der Waals surface area contributed by atoms with Crippen LogP contribution in [0.2, 0.25) is 10.0 Å². The number of methoxy groups -OCH3 is 1. The molecule has 1 N–H and O–H groups in total. The highest BCUT2D eigenvalue weighted by Gasteiger charge is 2.36. The van der Waals surface area contributed by atoms with E-state index in [4.69, 9.17) is 32.7 Å². The Hall–Kier alpha value is -3.53.